The van der Waals surface area contributed by atoms with Crippen molar-refractivity contribution < 1.29 is 13.9 Å². The number of benzene rings is 1. The summed E-state index contributed by atoms with van der Waals surface area (Å²) >= 11 is 0. The second-order valence-electron chi connectivity index (χ2n) is 3.75. The molecule has 0 aliphatic carbocycles. The Hall–Kier alpha value is -2.76. The third-order valence-electron chi connectivity index (χ3n) is 2.45. The Morgan fingerprint density at radius 1 is 1.32 bits per heavy atom. The van der Waals surface area contributed by atoms with Crippen molar-refractivity contribution in [1.82, 2.24) is 0 Å². The van der Waals surface area contributed by atoms with Gasteiger partial charge in [0.15, 0.2) is 0 Å². The smallest absolute Gasteiger partial charge is 0.335 e. The largest absolute Gasteiger partial charge is 0.495 e. The van der Waals surface area contributed by atoms with E-state index < -0.39 is 11.5 Å². The summed E-state index contributed by atoms with van der Waals surface area (Å²) in [6, 6.07) is 7.44. The molecule has 0 unspecified atom stereocenters. The number of amides is 1. The van der Waals surface area contributed by atoms with Crippen LogP contribution in [0.3, 0.4) is 0 Å². The van der Waals surface area contributed by atoms with Crippen LogP contribution in [0.15, 0.2) is 45.8 Å². The Kier molecular flexibility index (Phi) is 3.51. The second-order valence-corrected chi connectivity index (χ2v) is 3.75. The minimum Gasteiger partial charge on any atom is -0.495 e. The molecule has 1 aromatic carbocycles. The minimum atomic E-state index is -0.509. The number of anilines is 2. The summed E-state index contributed by atoms with van der Waals surface area (Å²) < 4.78 is 9.67. The van der Waals surface area contributed by atoms with Gasteiger partial charge in [-0.15, -0.1) is 0 Å². The molecule has 1 amide bonds. The lowest BCUT2D eigenvalue weighted by Crippen LogP contribution is -2.13. The molecule has 0 saturated heterocycles. The highest BCUT2D eigenvalue weighted by molar-refractivity contribution is 6.04. The van der Waals surface area contributed by atoms with E-state index in [2.05, 4.69) is 9.73 Å². The van der Waals surface area contributed by atoms with Gasteiger partial charge in [0.25, 0.3) is 5.91 Å². The number of nitrogens with one attached hydrogen (secondary N) is 1. The predicted octanol–water partition coefficient (Wildman–Crippen LogP) is 1.48. The Labute approximate surface area is 108 Å². The zero-order valence-electron chi connectivity index (χ0n) is 10.2. The lowest BCUT2D eigenvalue weighted by atomic mass is 10.2. The van der Waals surface area contributed by atoms with E-state index in [0.717, 1.165) is 6.26 Å². The monoisotopic (exact) mass is 260 g/mol. The number of methoxy groups -OCH3 is 1. The summed E-state index contributed by atoms with van der Waals surface area (Å²) in [4.78, 5) is 22.7. The molecule has 0 radical (unpaired) electrons. The van der Waals surface area contributed by atoms with Gasteiger partial charge in [-0.3, -0.25) is 4.79 Å². The van der Waals surface area contributed by atoms with Crippen molar-refractivity contribution in [1.29, 1.82) is 0 Å². The number of ether oxygens (including phenoxy) is 1. The first-order chi connectivity index (χ1) is 9.10. The van der Waals surface area contributed by atoms with E-state index in [-0.39, 0.29) is 5.56 Å². The molecule has 1 heterocycles. The lowest BCUT2D eigenvalue weighted by Gasteiger charge is -2.08. The van der Waals surface area contributed by atoms with Crippen molar-refractivity contribution in [3.8, 4) is 5.75 Å². The van der Waals surface area contributed by atoms with E-state index in [9.17, 15) is 9.59 Å². The first kappa shape index (κ1) is 12.7. The van der Waals surface area contributed by atoms with Gasteiger partial charge in [-0.2, -0.15) is 0 Å². The minimum absolute atomic E-state index is 0.246. The first-order valence-corrected chi connectivity index (χ1v) is 5.44. The highest BCUT2D eigenvalue weighted by atomic mass is 16.5. The molecular formula is C13H12N2O4. The molecule has 0 aliphatic heterocycles. The van der Waals surface area contributed by atoms with Gasteiger partial charge in [0.05, 0.1) is 18.4 Å². The number of nitrogens with two attached hydrogens (primary N) is 1. The Bertz CT molecular complexity index is 643. The normalized spacial score (nSPS) is 9.95. The summed E-state index contributed by atoms with van der Waals surface area (Å²) in [5.74, 6) is 0.0768. The van der Waals surface area contributed by atoms with Gasteiger partial charge in [-0.25, -0.2) is 4.79 Å². The number of nitrogen functional groups attached to an aromatic ring is 1. The number of carbonyl (C=O) groups excluding carboxylic acids is 1. The zero-order chi connectivity index (χ0) is 13.8. The molecule has 19 heavy (non-hydrogen) atoms. The van der Waals surface area contributed by atoms with Crippen LogP contribution >= 0.6 is 0 Å². The molecule has 2 aromatic rings. The van der Waals surface area contributed by atoms with E-state index in [1.54, 1.807) is 18.2 Å². The van der Waals surface area contributed by atoms with Gasteiger partial charge in [-0.05, 0) is 18.2 Å². The quantitative estimate of drug-likeness (QED) is 0.815. The maximum atomic E-state index is 11.9. The molecule has 6 nitrogen and oxygen atoms in total. The van der Waals surface area contributed by atoms with Gasteiger partial charge in [0.1, 0.15) is 12.0 Å². The van der Waals surface area contributed by atoms with Crippen molar-refractivity contribution in [3.63, 3.8) is 0 Å². The van der Waals surface area contributed by atoms with Gasteiger partial charge in [0, 0.05) is 17.8 Å². The van der Waals surface area contributed by atoms with Gasteiger partial charge >= 0.3 is 5.63 Å². The fourth-order valence-electron chi connectivity index (χ4n) is 1.48. The van der Waals surface area contributed by atoms with Crippen LogP contribution in [0, 0.1) is 0 Å². The zero-order valence-corrected chi connectivity index (χ0v) is 10.2. The van der Waals surface area contributed by atoms with E-state index in [1.807, 2.05) is 0 Å². The molecule has 6 heteroatoms. The highest BCUT2D eigenvalue weighted by Crippen LogP contribution is 2.25. The van der Waals surface area contributed by atoms with Gasteiger partial charge in [0.2, 0.25) is 0 Å². The fourth-order valence-corrected chi connectivity index (χ4v) is 1.48. The summed E-state index contributed by atoms with van der Waals surface area (Å²) in [5, 5.41) is 2.64. The average molecular weight is 260 g/mol. The van der Waals surface area contributed by atoms with Crippen molar-refractivity contribution in [3.05, 3.63) is 52.6 Å². The second kappa shape index (κ2) is 5.26. The molecule has 0 atom stereocenters. The third kappa shape index (κ3) is 2.92. The summed E-state index contributed by atoms with van der Waals surface area (Å²) in [6.45, 7) is 0. The Morgan fingerprint density at radius 3 is 2.74 bits per heavy atom. The van der Waals surface area contributed by atoms with Crippen LogP contribution in [0.2, 0.25) is 0 Å². The van der Waals surface area contributed by atoms with E-state index in [4.69, 9.17) is 10.5 Å². The molecule has 0 saturated carbocycles. The molecule has 0 aliphatic rings. The van der Waals surface area contributed by atoms with Crippen molar-refractivity contribution in [2.24, 2.45) is 0 Å². The molecule has 0 spiro atoms. The molecule has 98 valence electrons. The van der Waals surface area contributed by atoms with Crippen LogP contribution in [0.4, 0.5) is 11.4 Å². The van der Waals surface area contributed by atoms with Gasteiger partial charge < -0.3 is 20.2 Å². The number of hydrogen-bond donors (Lipinski definition) is 2. The van der Waals surface area contributed by atoms with Crippen LogP contribution in [0.25, 0.3) is 0 Å². The summed E-state index contributed by atoms with van der Waals surface area (Å²) in [5.41, 5.74) is 6.42. The van der Waals surface area contributed by atoms with Crippen LogP contribution < -0.4 is 21.4 Å². The van der Waals surface area contributed by atoms with E-state index in [1.165, 1.54) is 19.2 Å². The molecule has 3 N–H and O–H groups in total. The molecular weight excluding hydrogens is 248 g/mol. The maximum absolute atomic E-state index is 11.9. The molecule has 0 fully saturated rings. The average Bonchev–Trinajstić information content (AvgIpc) is 2.41. The topological polar surface area (TPSA) is 94.6 Å². The number of hydrogen-bond acceptors (Lipinski definition) is 5. The van der Waals surface area contributed by atoms with Crippen LogP contribution in [-0.2, 0) is 0 Å². The number of carbonyl (C=O) groups is 1. The Morgan fingerprint density at radius 2 is 2.11 bits per heavy atom. The predicted molar refractivity (Wildman–Crippen MR) is 70.3 cm³/mol. The maximum Gasteiger partial charge on any atom is 0.335 e. The summed E-state index contributed by atoms with van der Waals surface area (Å²) in [7, 11) is 1.49. The van der Waals surface area contributed by atoms with Crippen LogP contribution in [0.1, 0.15) is 10.4 Å². The van der Waals surface area contributed by atoms with Crippen molar-refractivity contribution >= 4 is 17.3 Å². The van der Waals surface area contributed by atoms with E-state index >= 15 is 0 Å². The fraction of sp³-hybridized carbons (Fsp3) is 0.0769. The molecule has 1 aromatic heterocycles. The third-order valence-corrected chi connectivity index (χ3v) is 2.45. The summed E-state index contributed by atoms with van der Waals surface area (Å²) in [6.07, 6.45) is 1.10. The lowest BCUT2D eigenvalue weighted by molar-refractivity contribution is 0.102. The standard InChI is InChI=1S/C13H12N2O4/c1-18-11-6-9(3-4-10(11)14)15-13(17)8-2-5-12(16)19-7-8/h2-7H,14H2,1H3,(H,15,17). The van der Waals surface area contributed by atoms with Crippen LogP contribution in [-0.4, -0.2) is 13.0 Å². The van der Waals surface area contributed by atoms with Crippen molar-refractivity contribution in [2.45, 2.75) is 0 Å². The molecule has 0 bridgehead atoms. The van der Waals surface area contributed by atoms with E-state index in [0.29, 0.717) is 17.1 Å². The van der Waals surface area contributed by atoms with Crippen LogP contribution in [0.5, 0.6) is 5.75 Å². The molecule has 2 rings (SSSR count). The number of rotatable bonds is 3. The Balaban J connectivity index is 2.19. The first-order valence-electron chi connectivity index (χ1n) is 5.44. The van der Waals surface area contributed by atoms with Crippen molar-refractivity contribution in [2.75, 3.05) is 18.2 Å². The SMILES string of the molecule is COc1cc(NC(=O)c2ccc(=O)oc2)ccc1N. The highest BCUT2D eigenvalue weighted by Gasteiger charge is 2.08. The van der Waals surface area contributed by atoms with Gasteiger partial charge in [-0.1, -0.05) is 0 Å².